The lowest BCUT2D eigenvalue weighted by atomic mass is 10.1. The highest BCUT2D eigenvalue weighted by atomic mass is 79.9. The summed E-state index contributed by atoms with van der Waals surface area (Å²) in [5.41, 5.74) is 0.487. The Balaban J connectivity index is 2.05. The molecule has 0 bridgehead atoms. The minimum Gasteiger partial charge on any atom is -0.478 e. The zero-order chi connectivity index (χ0) is 16.3. The number of nitrogens with zero attached hydrogens (tertiary/aromatic N) is 1. The van der Waals surface area contributed by atoms with Crippen LogP contribution in [0.15, 0.2) is 22.7 Å². The summed E-state index contributed by atoms with van der Waals surface area (Å²) in [6.45, 7) is 6.06. The van der Waals surface area contributed by atoms with Gasteiger partial charge in [0.15, 0.2) is 0 Å². The molecule has 1 N–H and O–H groups in total. The summed E-state index contributed by atoms with van der Waals surface area (Å²) in [5, 5.41) is 9.08. The molecular formula is C16H20BrNO4. The topological polar surface area (TPSA) is 66.8 Å². The van der Waals surface area contributed by atoms with Crippen molar-refractivity contribution in [3.05, 3.63) is 33.8 Å². The van der Waals surface area contributed by atoms with Gasteiger partial charge in [0.05, 0.1) is 11.7 Å². The fourth-order valence-corrected chi connectivity index (χ4v) is 2.89. The van der Waals surface area contributed by atoms with Crippen molar-refractivity contribution >= 4 is 27.8 Å². The Labute approximate surface area is 138 Å². The van der Waals surface area contributed by atoms with Gasteiger partial charge < -0.3 is 14.7 Å². The van der Waals surface area contributed by atoms with Crippen molar-refractivity contribution in [2.75, 3.05) is 19.7 Å². The van der Waals surface area contributed by atoms with E-state index >= 15 is 0 Å². The molecule has 0 spiro atoms. The van der Waals surface area contributed by atoms with Crippen LogP contribution in [0.3, 0.4) is 0 Å². The number of amides is 1. The van der Waals surface area contributed by atoms with Crippen LogP contribution in [-0.2, 0) is 4.74 Å². The number of hydrogen-bond acceptors (Lipinski definition) is 3. The van der Waals surface area contributed by atoms with Crippen LogP contribution < -0.4 is 0 Å². The summed E-state index contributed by atoms with van der Waals surface area (Å²) in [5.74, 6) is -0.734. The highest BCUT2D eigenvalue weighted by Gasteiger charge is 2.28. The van der Waals surface area contributed by atoms with Crippen LogP contribution in [0.1, 0.15) is 41.0 Å². The van der Waals surface area contributed by atoms with Crippen LogP contribution >= 0.6 is 15.9 Å². The van der Waals surface area contributed by atoms with E-state index in [1.807, 2.05) is 0 Å². The third-order valence-corrected chi connectivity index (χ3v) is 3.95. The van der Waals surface area contributed by atoms with E-state index in [0.717, 1.165) is 6.42 Å². The van der Waals surface area contributed by atoms with Crippen LogP contribution in [0.5, 0.6) is 0 Å². The molecule has 1 fully saturated rings. The van der Waals surface area contributed by atoms with Crippen molar-refractivity contribution in [1.82, 2.24) is 4.90 Å². The van der Waals surface area contributed by atoms with Crippen molar-refractivity contribution in [1.29, 1.82) is 0 Å². The van der Waals surface area contributed by atoms with Crippen molar-refractivity contribution < 1.29 is 19.4 Å². The average molecular weight is 370 g/mol. The van der Waals surface area contributed by atoms with Gasteiger partial charge >= 0.3 is 5.97 Å². The number of hydrogen-bond donors (Lipinski definition) is 1. The Morgan fingerprint density at radius 3 is 2.68 bits per heavy atom. The van der Waals surface area contributed by atoms with Crippen LogP contribution in [0.2, 0.25) is 0 Å². The van der Waals surface area contributed by atoms with Crippen LogP contribution in [0.25, 0.3) is 0 Å². The number of carbonyl (C=O) groups excluding carboxylic acids is 1. The largest absolute Gasteiger partial charge is 0.478 e. The second-order valence-electron chi connectivity index (χ2n) is 5.92. The number of rotatable bonds is 5. The Morgan fingerprint density at radius 2 is 2.05 bits per heavy atom. The van der Waals surface area contributed by atoms with Gasteiger partial charge in [0.1, 0.15) is 0 Å². The van der Waals surface area contributed by atoms with Crippen LogP contribution in [-0.4, -0.2) is 47.7 Å². The summed E-state index contributed by atoms with van der Waals surface area (Å²) >= 11 is 3.25. The highest BCUT2D eigenvalue weighted by molar-refractivity contribution is 9.10. The van der Waals surface area contributed by atoms with E-state index in [9.17, 15) is 9.59 Å². The summed E-state index contributed by atoms with van der Waals surface area (Å²) < 4.78 is 6.35. The van der Waals surface area contributed by atoms with Crippen molar-refractivity contribution in [2.24, 2.45) is 5.92 Å². The van der Waals surface area contributed by atoms with E-state index in [-0.39, 0.29) is 17.6 Å². The van der Waals surface area contributed by atoms with E-state index in [0.29, 0.717) is 35.7 Å². The minimum absolute atomic E-state index is 0.0671. The number of likely N-dealkylation sites (tertiary alicyclic amines) is 1. The summed E-state index contributed by atoms with van der Waals surface area (Å²) in [6, 6.07) is 4.55. The molecule has 0 aliphatic carbocycles. The molecular weight excluding hydrogens is 350 g/mol. The molecule has 1 aromatic carbocycles. The maximum atomic E-state index is 12.5. The first-order chi connectivity index (χ1) is 10.4. The van der Waals surface area contributed by atoms with E-state index in [2.05, 4.69) is 29.8 Å². The molecule has 1 aliphatic heterocycles. The summed E-state index contributed by atoms with van der Waals surface area (Å²) in [4.78, 5) is 25.3. The molecule has 1 aromatic rings. The first-order valence-electron chi connectivity index (χ1n) is 7.31. The Morgan fingerprint density at radius 1 is 1.36 bits per heavy atom. The Hall–Kier alpha value is -1.40. The van der Waals surface area contributed by atoms with Crippen LogP contribution in [0, 0.1) is 5.92 Å². The molecule has 1 saturated heterocycles. The lowest BCUT2D eigenvalue weighted by Gasteiger charge is -2.18. The predicted octanol–water partition coefficient (Wildman–Crippen LogP) is 3.03. The number of carbonyl (C=O) groups is 2. The normalized spacial score (nSPS) is 18.0. The van der Waals surface area contributed by atoms with E-state index < -0.39 is 5.97 Å². The van der Waals surface area contributed by atoms with Crippen molar-refractivity contribution in [3.8, 4) is 0 Å². The standard InChI is InChI=1S/C16H20BrNO4/c1-10(2)9-22-14-3-4-18(8-14)15(19)11-5-12(16(20)21)7-13(17)6-11/h5-7,10,14H,3-4,8-9H2,1-2H3,(H,20,21). The fourth-order valence-electron chi connectivity index (χ4n) is 2.40. The quantitative estimate of drug-likeness (QED) is 0.865. The maximum Gasteiger partial charge on any atom is 0.335 e. The molecule has 120 valence electrons. The van der Waals surface area contributed by atoms with Gasteiger partial charge in [-0.2, -0.15) is 0 Å². The molecule has 1 aliphatic rings. The van der Waals surface area contributed by atoms with Gasteiger partial charge in [-0.1, -0.05) is 29.8 Å². The van der Waals surface area contributed by atoms with Gasteiger partial charge in [-0.15, -0.1) is 0 Å². The number of benzene rings is 1. The minimum atomic E-state index is -1.05. The summed E-state index contributed by atoms with van der Waals surface area (Å²) in [6.07, 6.45) is 0.885. The van der Waals surface area contributed by atoms with Crippen molar-refractivity contribution in [2.45, 2.75) is 26.4 Å². The van der Waals surface area contributed by atoms with Gasteiger partial charge in [-0.05, 0) is 30.5 Å². The Bertz CT molecular complexity index is 573. The van der Waals surface area contributed by atoms with Gasteiger partial charge in [0.25, 0.3) is 5.91 Å². The van der Waals surface area contributed by atoms with Gasteiger partial charge in [0.2, 0.25) is 0 Å². The molecule has 1 amide bonds. The zero-order valence-corrected chi connectivity index (χ0v) is 14.3. The predicted molar refractivity (Wildman–Crippen MR) is 86.2 cm³/mol. The second kappa shape index (κ2) is 7.24. The first kappa shape index (κ1) is 17.0. The molecule has 22 heavy (non-hydrogen) atoms. The molecule has 1 atom stereocenters. The average Bonchev–Trinajstić information content (AvgIpc) is 2.92. The molecule has 2 rings (SSSR count). The van der Waals surface area contributed by atoms with E-state index in [4.69, 9.17) is 9.84 Å². The Kier molecular flexibility index (Phi) is 5.58. The molecule has 5 nitrogen and oxygen atoms in total. The fraction of sp³-hybridized carbons (Fsp3) is 0.500. The monoisotopic (exact) mass is 369 g/mol. The number of halogens is 1. The first-order valence-corrected chi connectivity index (χ1v) is 8.11. The second-order valence-corrected chi connectivity index (χ2v) is 6.84. The molecule has 6 heteroatoms. The molecule has 0 saturated carbocycles. The molecule has 1 heterocycles. The lowest BCUT2D eigenvalue weighted by Crippen LogP contribution is -2.30. The maximum absolute atomic E-state index is 12.5. The molecule has 1 unspecified atom stereocenters. The molecule has 0 aromatic heterocycles. The number of carboxylic acid groups (broad SMARTS) is 1. The summed E-state index contributed by atoms with van der Waals surface area (Å²) in [7, 11) is 0. The van der Waals surface area contributed by atoms with E-state index in [1.165, 1.54) is 12.1 Å². The number of carboxylic acids is 1. The molecule has 0 radical (unpaired) electrons. The highest BCUT2D eigenvalue weighted by Crippen LogP contribution is 2.21. The third kappa shape index (κ3) is 4.30. The zero-order valence-electron chi connectivity index (χ0n) is 12.7. The van der Waals surface area contributed by atoms with Crippen molar-refractivity contribution in [3.63, 3.8) is 0 Å². The third-order valence-electron chi connectivity index (χ3n) is 3.49. The SMILES string of the molecule is CC(C)COC1CCN(C(=O)c2cc(Br)cc(C(=O)O)c2)C1. The van der Waals surface area contributed by atoms with Gasteiger partial charge in [0, 0.05) is 29.7 Å². The van der Waals surface area contributed by atoms with Gasteiger partial charge in [-0.25, -0.2) is 4.79 Å². The van der Waals surface area contributed by atoms with E-state index in [1.54, 1.807) is 11.0 Å². The smallest absolute Gasteiger partial charge is 0.335 e. The van der Waals surface area contributed by atoms with Crippen LogP contribution in [0.4, 0.5) is 0 Å². The number of aromatic carboxylic acids is 1. The van der Waals surface area contributed by atoms with Gasteiger partial charge in [-0.3, -0.25) is 4.79 Å². The lowest BCUT2D eigenvalue weighted by molar-refractivity contribution is 0.0396. The number of ether oxygens (including phenoxy) is 1.